The molecular weight excluding hydrogens is 1210 g/mol. The average Bonchev–Trinajstić information content (AvgIpc) is 2.54. The summed E-state index contributed by atoms with van der Waals surface area (Å²) >= 11 is 0. The number of phosphoric ester groups is 1. The summed E-state index contributed by atoms with van der Waals surface area (Å²) in [6.45, 7) is 4.20. The van der Waals surface area contributed by atoms with Crippen LogP contribution in [-0.2, 0) is 32.7 Å². The van der Waals surface area contributed by atoms with Crippen LogP contribution >= 0.6 is 7.82 Å². The topological polar surface area (TPSA) is 111 Å². The monoisotopic (exact) mass is 1360 g/mol. The van der Waals surface area contributed by atoms with E-state index in [0.717, 1.165) is 83.5 Å². The predicted molar refractivity (Wildman–Crippen MR) is 416 cm³/mol. The lowest BCUT2D eigenvalue weighted by Crippen LogP contribution is -2.37. The quantitative estimate of drug-likeness (QED) is 0.0195. The number of esters is 2. The predicted octanol–water partition coefficient (Wildman–Crippen LogP) is 27.0. The van der Waals surface area contributed by atoms with Crippen molar-refractivity contribution in [2.75, 3.05) is 47.5 Å². The molecule has 9 nitrogen and oxygen atoms in total. The molecule has 0 aromatic carbocycles. The molecule has 0 saturated carbocycles. The summed E-state index contributed by atoms with van der Waals surface area (Å²) in [4.78, 5) is 38.2. The van der Waals surface area contributed by atoms with Crippen LogP contribution in [-0.4, -0.2) is 70.0 Å². The van der Waals surface area contributed by atoms with Gasteiger partial charge in [-0.3, -0.25) is 14.2 Å². The summed E-state index contributed by atoms with van der Waals surface area (Å²) in [7, 11) is 1.18. The fourth-order valence-electron chi connectivity index (χ4n) is 12.2. The number of carbonyl (C=O) groups excluding carboxylic acids is 2. The first kappa shape index (κ1) is 93.2. The first-order valence-corrected chi connectivity index (χ1v) is 42.8. The first-order chi connectivity index (χ1) is 47.0. The molecule has 0 heterocycles. The molecule has 0 aromatic heterocycles. The van der Waals surface area contributed by atoms with Gasteiger partial charge in [0.2, 0.25) is 0 Å². The third kappa shape index (κ3) is 80.2. The summed E-state index contributed by atoms with van der Waals surface area (Å²) in [5.74, 6) is -0.811. The maximum Gasteiger partial charge on any atom is 0.306 e. The molecule has 0 saturated heterocycles. The van der Waals surface area contributed by atoms with E-state index in [4.69, 9.17) is 18.5 Å². The molecule has 2 atom stereocenters. The standard InChI is InChI=1S/C86H158NO8P/c1-6-8-10-12-14-16-18-20-22-24-26-28-30-32-34-36-38-39-40-41-42-43-44-45-46-47-49-51-53-55-57-59-61-63-65-67-69-71-73-75-77-79-86(89)95-84(83-94-96(90,91)93-81-80-87(3,4)5)82-92-85(88)78-76-74-72-70-68-66-64-62-60-58-56-54-52-50-48-37-35-33-31-29-27-25-23-21-19-17-15-13-11-9-7-2/h8,10,14,16,20,22,26,28,32,34,38-39,41-42,84H,6-7,9,11-13,15,17-19,21,23-25,27,29-31,33,35-37,40,43-83H2,1-5H3/b10-8-,16-14-,22-20-,28-26-,34-32-,39-38-,42-41-. The van der Waals surface area contributed by atoms with Gasteiger partial charge in [-0.25, -0.2) is 0 Å². The minimum Gasteiger partial charge on any atom is -0.756 e. The molecule has 0 fully saturated rings. The number of quaternary nitrogens is 1. The van der Waals surface area contributed by atoms with E-state index >= 15 is 0 Å². The van der Waals surface area contributed by atoms with E-state index < -0.39 is 26.5 Å². The van der Waals surface area contributed by atoms with E-state index in [2.05, 4.69) is 98.9 Å². The molecule has 0 aliphatic rings. The molecule has 0 aliphatic heterocycles. The van der Waals surface area contributed by atoms with Crippen molar-refractivity contribution in [2.24, 2.45) is 0 Å². The minimum atomic E-state index is -4.65. The molecule has 2 unspecified atom stereocenters. The zero-order chi connectivity index (χ0) is 69.7. The first-order valence-electron chi connectivity index (χ1n) is 41.3. The summed E-state index contributed by atoms with van der Waals surface area (Å²) in [5, 5.41) is 0. The highest BCUT2D eigenvalue weighted by atomic mass is 31.2. The van der Waals surface area contributed by atoms with Gasteiger partial charge in [0.1, 0.15) is 19.8 Å². The van der Waals surface area contributed by atoms with Gasteiger partial charge in [-0.15, -0.1) is 0 Å². The summed E-state index contributed by atoms with van der Waals surface area (Å²) < 4.78 is 34.4. The van der Waals surface area contributed by atoms with Crippen LogP contribution in [0.4, 0.5) is 0 Å². The number of nitrogens with zero attached hydrogens (tertiary/aromatic N) is 1. The Morgan fingerprint density at radius 3 is 0.885 bits per heavy atom. The number of allylic oxidation sites excluding steroid dienone is 14. The molecule has 0 rings (SSSR count). The molecule has 10 heteroatoms. The highest BCUT2D eigenvalue weighted by Gasteiger charge is 2.22. The van der Waals surface area contributed by atoms with E-state index in [1.165, 1.54) is 283 Å². The Balaban J connectivity index is 3.92. The van der Waals surface area contributed by atoms with Crippen molar-refractivity contribution in [3.8, 4) is 0 Å². The van der Waals surface area contributed by atoms with Crippen LogP contribution in [0.15, 0.2) is 85.1 Å². The maximum absolute atomic E-state index is 12.9. The lowest BCUT2D eigenvalue weighted by molar-refractivity contribution is -0.870. The van der Waals surface area contributed by atoms with Gasteiger partial charge in [0, 0.05) is 12.8 Å². The van der Waals surface area contributed by atoms with Crippen LogP contribution in [0.2, 0.25) is 0 Å². The Morgan fingerprint density at radius 1 is 0.333 bits per heavy atom. The van der Waals surface area contributed by atoms with Crippen molar-refractivity contribution in [2.45, 2.75) is 405 Å². The molecule has 0 radical (unpaired) electrons. The van der Waals surface area contributed by atoms with Crippen LogP contribution < -0.4 is 4.89 Å². The SMILES string of the molecule is CC/C=C\C/C=C\C/C=C\C/C=C\C/C=C\C/C=C\C/C=C\CCCCCCCCCCCCCCCCCCCCCC(=O)OC(COC(=O)CCCCCCCCCCCCCCCCCCCCCCCCCCCCCCCCC)COP(=O)([O-])OCC[N+](C)(C)C. The zero-order valence-corrected chi connectivity index (χ0v) is 65.0. The molecule has 0 spiro atoms. The van der Waals surface area contributed by atoms with Gasteiger partial charge in [0.25, 0.3) is 7.82 Å². The molecule has 0 bridgehead atoms. The molecule has 96 heavy (non-hydrogen) atoms. The Bertz CT molecular complexity index is 1900. The molecule has 0 amide bonds. The Morgan fingerprint density at radius 2 is 0.594 bits per heavy atom. The van der Waals surface area contributed by atoms with Gasteiger partial charge in [-0.1, -0.05) is 401 Å². The van der Waals surface area contributed by atoms with Gasteiger partial charge >= 0.3 is 11.9 Å². The second kappa shape index (κ2) is 76.4. The van der Waals surface area contributed by atoms with Gasteiger partial charge in [-0.05, 0) is 70.6 Å². The number of hydrogen-bond acceptors (Lipinski definition) is 8. The largest absolute Gasteiger partial charge is 0.756 e. The van der Waals surface area contributed by atoms with E-state index in [0.29, 0.717) is 17.4 Å². The molecule has 560 valence electrons. The number of rotatable bonds is 77. The fraction of sp³-hybridized carbons (Fsp3) is 0.814. The van der Waals surface area contributed by atoms with Crippen molar-refractivity contribution < 1.29 is 42.1 Å². The summed E-state index contributed by atoms with van der Waals surface area (Å²) in [6.07, 6.45) is 106. The second-order valence-corrected chi connectivity index (χ2v) is 30.5. The number of likely N-dealkylation sites (N-methyl/N-ethyl adjacent to an activating group) is 1. The van der Waals surface area contributed by atoms with Gasteiger partial charge in [0.05, 0.1) is 27.7 Å². The molecule has 0 N–H and O–H groups in total. The Hall–Kier alpha value is -2.81. The lowest BCUT2D eigenvalue weighted by atomic mass is 10.0. The van der Waals surface area contributed by atoms with Crippen molar-refractivity contribution >= 4 is 19.8 Å². The third-order valence-electron chi connectivity index (χ3n) is 18.4. The Labute approximate surface area is 596 Å². The second-order valence-electron chi connectivity index (χ2n) is 29.1. The highest BCUT2D eigenvalue weighted by molar-refractivity contribution is 7.45. The van der Waals surface area contributed by atoms with E-state index in [1.54, 1.807) is 0 Å². The molecule has 0 aromatic rings. The number of ether oxygens (including phenoxy) is 2. The smallest absolute Gasteiger partial charge is 0.306 e. The van der Waals surface area contributed by atoms with Crippen LogP contribution in [0, 0.1) is 0 Å². The fourth-order valence-corrected chi connectivity index (χ4v) is 12.9. The number of unbranched alkanes of at least 4 members (excludes halogenated alkanes) is 49. The maximum atomic E-state index is 12.9. The normalized spacial score (nSPS) is 13.4. The van der Waals surface area contributed by atoms with Gasteiger partial charge in [0.15, 0.2) is 6.10 Å². The number of hydrogen-bond donors (Lipinski definition) is 0. The average molecular weight is 1370 g/mol. The minimum absolute atomic E-state index is 0.0294. The van der Waals surface area contributed by atoms with Crippen LogP contribution in [0.3, 0.4) is 0 Å². The zero-order valence-electron chi connectivity index (χ0n) is 64.1. The van der Waals surface area contributed by atoms with E-state index in [1.807, 2.05) is 21.1 Å². The van der Waals surface area contributed by atoms with Crippen LogP contribution in [0.1, 0.15) is 399 Å². The molecular formula is C86H158NO8P. The number of phosphoric acid groups is 1. The van der Waals surface area contributed by atoms with Crippen molar-refractivity contribution in [1.82, 2.24) is 0 Å². The lowest BCUT2D eigenvalue weighted by Gasteiger charge is -2.28. The third-order valence-corrected chi connectivity index (χ3v) is 19.4. The van der Waals surface area contributed by atoms with E-state index in [9.17, 15) is 19.0 Å². The van der Waals surface area contributed by atoms with Crippen molar-refractivity contribution in [1.29, 1.82) is 0 Å². The highest BCUT2D eigenvalue weighted by Crippen LogP contribution is 2.38. The van der Waals surface area contributed by atoms with Crippen LogP contribution in [0.25, 0.3) is 0 Å². The Kier molecular flexibility index (Phi) is 74.1. The molecule has 0 aliphatic carbocycles. The van der Waals surface area contributed by atoms with Crippen molar-refractivity contribution in [3.63, 3.8) is 0 Å². The van der Waals surface area contributed by atoms with Crippen molar-refractivity contribution in [3.05, 3.63) is 85.1 Å². The van der Waals surface area contributed by atoms with Gasteiger partial charge in [-0.2, -0.15) is 0 Å². The summed E-state index contributed by atoms with van der Waals surface area (Å²) in [5.41, 5.74) is 0. The van der Waals surface area contributed by atoms with Gasteiger partial charge < -0.3 is 27.9 Å². The number of carbonyl (C=O) groups is 2. The summed E-state index contributed by atoms with van der Waals surface area (Å²) in [6, 6.07) is 0. The van der Waals surface area contributed by atoms with E-state index in [-0.39, 0.29) is 32.0 Å². The van der Waals surface area contributed by atoms with Crippen LogP contribution in [0.5, 0.6) is 0 Å².